The van der Waals surface area contributed by atoms with Gasteiger partial charge in [0, 0.05) is 60.4 Å². The molecule has 3 aromatic carbocycles. The molecule has 0 unspecified atom stereocenters. The molecule has 264 valence electrons. The summed E-state index contributed by atoms with van der Waals surface area (Å²) in [4.78, 5) is 31.9. The molecule has 11 heteroatoms. The lowest BCUT2D eigenvalue weighted by atomic mass is 9.99. The molecule has 1 aliphatic carbocycles. The lowest BCUT2D eigenvalue weighted by molar-refractivity contribution is -0.138. The minimum Gasteiger partial charge on any atom is -0.334 e. The van der Waals surface area contributed by atoms with Crippen molar-refractivity contribution in [3.63, 3.8) is 0 Å². The Morgan fingerprint density at radius 1 is 0.940 bits per heavy atom. The van der Waals surface area contributed by atoms with Crippen molar-refractivity contribution in [2.24, 2.45) is 0 Å². The van der Waals surface area contributed by atoms with Crippen LogP contribution in [0.5, 0.6) is 0 Å². The Morgan fingerprint density at radius 2 is 1.60 bits per heavy atom. The highest BCUT2D eigenvalue weighted by atomic mass is 32.2. The number of piperidine rings is 1. The van der Waals surface area contributed by atoms with Crippen LogP contribution in [0.1, 0.15) is 61.1 Å². The zero-order chi connectivity index (χ0) is 35.6. The number of pyridine rings is 1. The maximum Gasteiger partial charge on any atom is 0.416 e. The van der Waals surface area contributed by atoms with Gasteiger partial charge >= 0.3 is 6.18 Å². The third-order valence-corrected chi connectivity index (χ3v) is 11.0. The van der Waals surface area contributed by atoms with Crippen molar-refractivity contribution in [2.75, 3.05) is 13.1 Å². The highest BCUT2D eigenvalue weighted by Crippen LogP contribution is 2.32. The van der Waals surface area contributed by atoms with Crippen LogP contribution < -0.4 is 5.43 Å². The van der Waals surface area contributed by atoms with Gasteiger partial charge in [0.1, 0.15) is 6.54 Å². The van der Waals surface area contributed by atoms with Gasteiger partial charge in [0.15, 0.2) is 17.1 Å². The van der Waals surface area contributed by atoms with Crippen molar-refractivity contribution in [1.29, 1.82) is 0 Å². The normalized spacial score (nSPS) is 15.4. The van der Waals surface area contributed by atoms with Crippen molar-refractivity contribution in [1.82, 2.24) is 14.4 Å². The van der Waals surface area contributed by atoms with Crippen LogP contribution in [0.25, 0.3) is 11.1 Å². The average Bonchev–Trinajstić information content (AvgIpc) is 3.60. The summed E-state index contributed by atoms with van der Waals surface area (Å²) in [5.41, 5.74) is 3.22. The highest BCUT2D eigenvalue weighted by Gasteiger charge is 2.32. The van der Waals surface area contributed by atoms with Gasteiger partial charge in [-0.15, -0.1) is 11.8 Å². The predicted molar refractivity (Wildman–Crippen MR) is 186 cm³/mol. The largest absolute Gasteiger partial charge is 0.416 e. The fourth-order valence-electron chi connectivity index (χ4n) is 7.02. The molecule has 0 radical (unpaired) electrons. The number of thioether (sulfide) groups is 1. The van der Waals surface area contributed by atoms with Gasteiger partial charge in [-0.3, -0.25) is 9.59 Å². The second-order valence-electron chi connectivity index (χ2n) is 13.4. The number of hydrogen-bond acceptors (Lipinski definition) is 4. The summed E-state index contributed by atoms with van der Waals surface area (Å²) in [6.45, 7) is 6.38. The number of carbonyl (C=O) groups excluding carboxylic acids is 1. The SMILES string of the molecule is CC(C)N1CCC(N(Cc2ccc(-c3ccc(C(F)(F)F)cc3)cc2)C(=O)Cn2c(SCc3cccc(F)c3F)cc(=O)c3c2CCC3)CC1. The zero-order valence-electron chi connectivity index (χ0n) is 28.1. The molecule has 2 heterocycles. The first-order valence-electron chi connectivity index (χ1n) is 17.0. The van der Waals surface area contributed by atoms with Gasteiger partial charge < -0.3 is 14.4 Å². The van der Waals surface area contributed by atoms with Gasteiger partial charge in [-0.25, -0.2) is 8.78 Å². The van der Waals surface area contributed by atoms with Crippen LogP contribution in [-0.4, -0.2) is 45.4 Å². The summed E-state index contributed by atoms with van der Waals surface area (Å²) in [5, 5.41) is 0.545. The molecule has 0 atom stereocenters. The number of alkyl halides is 3. The fraction of sp³-hybridized carbons (Fsp3) is 0.385. The van der Waals surface area contributed by atoms with E-state index in [0.29, 0.717) is 41.6 Å². The first kappa shape index (κ1) is 35.9. The van der Waals surface area contributed by atoms with Crippen molar-refractivity contribution in [3.8, 4) is 11.1 Å². The summed E-state index contributed by atoms with van der Waals surface area (Å²) in [5.74, 6) is -1.86. The number of fused-ring (bicyclic) bond motifs is 1. The Kier molecular flexibility index (Phi) is 10.8. The van der Waals surface area contributed by atoms with E-state index in [1.807, 2.05) is 33.7 Å². The molecule has 4 aromatic rings. The second-order valence-corrected chi connectivity index (χ2v) is 14.4. The smallest absolute Gasteiger partial charge is 0.334 e. The molecule has 2 aliphatic rings. The van der Waals surface area contributed by atoms with Gasteiger partial charge in [-0.2, -0.15) is 13.2 Å². The third kappa shape index (κ3) is 7.99. The second kappa shape index (κ2) is 15.1. The topological polar surface area (TPSA) is 45.5 Å². The van der Waals surface area contributed by atoms with E-state index in [2.05, 4.69) is 18.7 Å². The van der Waals surface area contributed by atoms with Crippen LogP contribution in [0.15, 0.2) is 82.6 Å². The van der Waals surface area contributed by atoms with E-state index in [9.17, 15) is 31.5 Å². The first-order valence-corrected chi connectivity index (χ1v) is 18.0. The van der Waals surface area contributed by atoms with Gasteiger partial charge in [0.2, 0.25) is 5.91 Å². The molecule has 1 amide bonds. The van der Waals surface area contributed by atoms with Crippen LogP contribution in [-0.2, 0) is 42.7 Å². The zero-order valence-corrected chi connectivity index (χ0v) is 28.9. The van der Waals surface area contributed by atoms with E-state index >= 15 is 0 Å². The number of rotatable bonds is 10. The molecule has 50 heavy (non-hydrogen) atoms. The Hall–Kier alpha value is -3.96. The molecule has 0 spiro atoms. The average molecular weight is 710 g/mol. The summed E-state index contributed by atoms with van der Waals surface area (Å²) in [7, 11) is 0. The summed E-state index contributed by atoms with van der Waals surface area (Å²) < 4.78 is 69.6. The molecule has 1 saturated heterocycles. The lowest BCUT2D eigenvalue weighted by Crippen LogP contribution is -2.49. The van der Waals surface area contributed by atoms with Crippen LogP contribution in [0.4, 0.5) is 22.0 Å². The number of amides is 1. The number of hydrogen-bond donors (Lipinski definition) is 0. The molecule has 1 fully saturated rings. The van der Waals surface area contributed by atoms with Crippen LogP contribution in [0.2, 0.25) is 0 Å². The van der Waals surface area contributed by atoms with Crippen LogP contribution in [0, 0.1) is 11.6 Å². The van der Waals surface area contributed by atoms with Gasteiger partial charge in [-0.1, -0.05) is 48.5 Å². The van der Waals surface area contributed by atoms with E-state index < -0.39 is 23.4 Å². The maximum absolute atomic E-state index is 14.5. The predicted octanol–water partition coefficient (Wildman–Crippen LogP) is 8.49. The van der Waals surface area contributed by atoms with Crippen molar-refractivity contribution in [2.45, 2.75) is 88.1 Å². The first-order chi connectivity index (χ1) is 23.9. The number of aromatic nitrogens is 1. The van der Waals surface area contributed by atoms with E-state index in [-0.39, 0.29) is 35.2 Å². The molecule has 6 rings (SSSR count). The molecule has 0 saturated carbocycles. The van der Waals surface area contributed by atoms with E-state index in [1.165, 1.54) is 42.1 Å². The monoisotopic (exact) mass is 709 g/mol. The number of likely N-dealkylation sites (tertiary alicyclic amines) is 1. The fourth-order valence-corrected chi connectivity index (χ4v) is 8.06. The quantitative estimate of drug-likeness (QED) is 0.122. The van der Waals surface area contributed by atoms with Gasteiger partial charge in [0.05, 0.1) is 10.6 Å². The summed E-state index contributed by atoms with van der Waals surface area (Å²) >= 11 is 1.22. The Morgan fingerprint density at radius 3 is 2.24 bits per heavy atom. The van der Waals surface area contributed by atoms with Crippen molar-refractivity contribution in [3.05, 3.63) is 123 Å². The minimum atomic E-state index is -4.40. The van der Waals surface area contributed by atoms with Crippen molar-refractivity contribution >= 4 is 17.7 Å². The summed E-state index contributed by atoms with van der Waals surface area (Å²) in [6, 6.07) is 18.5. The molecule has 5 nitrogen and oxygen atoms in total. The number of halogens is 5. The molecule has 1 aliphatic heterocycles. The Labute approximate surface area is 293 Å². The van der Waals surface area contributed by atoms with E-state index in [0.717, 1.165) is 67.4 Å². The third-order valence-electron chi connectivity index (χ3n) is 9.88. The molecule has 1 aromatic heterocycles. The Bertz CT molecular complexity index is 1880. The molecule has 0 N–H and O–H groups in total. The lowest BCUT2D eigenvalue weighted by Gasteiger charge is -2.40. The minimum absolute atomic E-state index is 0.00458. The molecule has 0 bridgehead atoms. The van der Waals surface area contributed by atoms with Crippen LogP contribution in [0.3, 0.4) is 0 Å². The number of benzene rings is 3. The van der Waals surface area contributed by atoms with Crippen molar-refractivity contribution < 1.29 is 26.7 Å². The molecular weight excluding hydrogens is 670 g/mol. The number of nitrogens with zero attached hydrogens (tertiary/aromatic N) is 3. The summed E-state index contributed by atoms with van der Waals surface area (Å²) in [6.07, 6.45) is -0.717. The Balaban J connectivity index is 1.27. The highest BCUT2D eigenvalue weighted by molar-refractivity contribution is 7.98. The maximum atomic E-state index is 14.5. The molecular formula is C39H40F5N3O2S. The standard InChI is InChI=1S/C39H40F5N3O2S/c1-25(2)45-19-17-31(18-20-45)46(22-26-9-11-27(12-10-26)28-13-15-30(16-14-28)39(42,43)44)36(49)23-47-34-8-4-6-32(34)35(48)21-37(47)50-24-29-5-3-7-33(40)38(29)41/h3,5,7,9-16,21,25,31H,4,6,8,17-20,22-24H2,1-2H3. The van der Waals surface area contributed by atoms with Crippen LogP contribution >= 0.6 is 11.8 Å². The van der Waals surface area contributed by atoms with E-state index in [1.54, 1.807) is 0 Å². The number of carbonyl (C=O) groups is 1. The van der Waals surface area contributed by atoms with Gasteiger partial charge in [0.25, 0.3) is 0 Å². The van der Waals surface area contributed by atoms with E-state index in [4.69, 9.17) is 0 Å². The van der Waals surface area contributed by atoms with Gasteiger partial charge in [-0.05, 0) is 80.8 Å².